The van der Waals surface area contributed by atoms with Gasteiger partial charge in [0.1, 0.15) is 0 Å². The van der Waals surface area contributed by atoms with Crippen LogP contribution in [0.25, 0.3) is 0 Å². The lowest BCUT2D eigenvalue weighted by Crippen LogP contribution is -2.48. The Morgan fingerprint density at radius 3 is 3.11 bits per heavy atom. The zero-order chi connectivity index (χ0) is 12.7. The first-order chi connectivity index (χ1) is 8.66. The minimum absolute atomic E-state index is 0.00947. The van der Waals surface area contributed by atoms with E-state index < -0.39 is 0 Å². The number of thiophene rings is 1. The quantitative estimate of drug-likeness (QED) is 0.855. The molecular weight excluding hydrogens is 316 g/mol. The lowest BCUT2D eigenvalue weighted by molar-refractivity contribution is -0.123. The van der Waals surface area contributed by atoms with Gasteiger partial charge in [-0.05, 0) is 34.8 Å². The molecule has 0 spiro atoms. The Balaban J connectivity index is 1.83. The molecule has 18 heavy (non-hydrogen) atoms. The average molecular weight is 329 g/mol. The largest absolute Gasteiger partial charge is 0.354 e. The summed E-state index contributed by atoms with van der Waals surface area (Å²) in [6.45, 7) is 1.35. The molecule has 2 amide bonds. The Labute approximate surface area is 117 Å². The minimum atomic E-state index is -0.00947. The molecule has 0 saturated carbocycles. The highest BCUT2D eigenvalue weighted by Gasteiger charge is 2.42. The lowest BCUT2D eigenvalue weighted by atomic mass is 9.91. The van der Waals surface area contributed by atoms with Crippen LogP contribution in [0.3, 0.4) is 0 Å². The third kappa shape index (κ3) is 1.97. The molecule has 1 aromatic rings. The van der Waals surface area contributed by atoms with Crippen LogP contribution in [0.1, 0.15) is 23.2 Å². The maximum Gasteiger partial charge on any atom is 0.255 e. The second-order valence-electron chi connectivity index (χ2n) is 4.70. The SMILES string of the molecule is O=C1NCC2C1CCCN2C(=O)c1csc(Br)c1. The predicted octanol–water partition coefficient (Wildman–Crippen LogP) is 1.86. The van der Waals surface area contributed by atoms with Gasteiger partial charge in [0.2, 0.25) is 5.91 Å². The number of fused-ring (bicyclic) bond motifs is 1. The summed E-state index contributed by atoms with van der Waals surface area (Å²) in [6, 6.07) is 1.89. The number of halogens is 1. The van der Waals surface area contributed by atoms with Crippen LogP contribution in [0.5, 0.6) is 0 Å². The minimum Gasteiger partial charge on any atom is -0.354 e. The van der Waals surface area contributed by atoms with Crippen molar-refractivity contribution in [2.45, 2.75) is 18.9 Å². The number of nitrogens with zero attached hydrogens (tertiary/aromatic N) is 1. The summed E-state index contributed by atoms with van der Waals surface area (Å²) in [5.74, 6) is 0.136. The predicted molar refractivity (Wildman–Crippen MR) is 72.6 cm³/mol. The second kappa shape index (κ2) is 4.66. The van der Waals surface area contributed by atoms with Crippen molar-refractivity contribution in [3.8, 4) is 0 Å². The number of rotatable bonds is 1. The zero-order valence-corrected chi connectivity index (χ0v) is 12.1. The van der Waals surface area contributed by atoms with Gasteiger partial charge >= 0.3 is 0 Å². The number of carbonyl (C=O) groups is 2. The number of nitrogens with one attached hydrogen (secondary N) is 1. The molecule has 0 bridgehead atoms. The third-order valence-electron chi connectivity index (χ3n) is 3.68. The molecule has 3 heterocycles. The molecule has 2 aliphatic rings. The van der Waals surface area contributed by atoms with Crippen LogP contribution in [-0.2, 0) is 4.79 Å². The van der Waals surface area contributed by atoms with E-state index in [9.17, 15) is 9.59 Å². The monoisotopic (exact) mass is 328 g/mol. The summed E-state index contributed by atoms with van der Waals surface area (Å²) in [5, 5.41) is 4.72. The van der Waals surface area contributed by atoms with Crippen LogP contribution in [0.2, 0.25) is 0 Å². The Bertz CT molecular complexity index is 502. The lowest BCUT2D eigenvalue weighted by Gasteiger charge is -2.35. The van der Waals surface area contributed by atoms with E-state index in [1.54, 1.807) is 0 Å². The van der Waals surface area contributed by atoms with Crippen molar-refractivity contribution in [2.75, 3.05) is 13.1 Å². The first kappa shape index (κ1) is 12.2. The van der Waals surface area contributed by atoms with E-state index >= 15 is 0 Å². The Hall–Kier alpha value is -0.880. The third-order valence-corrected chi connectivity index (χ3v) is 5.18. The van der Waals surface area contributed by atoms with Gasteiger partial charge in [-0.3, -0.25) is 9.59 Å². The number of amides is 2. The van der Waals surface area contributed by atoms with Crippen molar-refractivity contribution in [3.05, 3.63) is 20.8 Å². The second-order valence-corrected chi connectivity index (χ2v) is 6.99. The fourth-order valence-electron chi connectivity index (χ4n) is 2.79. The fourth-order valence-corrected chi connectivity index (χ4v) is 3.92. The van der Waals surface area contributed by atoms with Gasteiger partial charge in [0, 0.05) is 18.5 Å². The zero-order valence-electron chi connectivity index (χ0n) is 9.69. The molecule has 0 aromatic carbocycles. The molecule has 6 heteroatoms. The van der Waals surface area contributed by atoms with Gasteiger partial charge in [0.05, 0.1) is 21.3 Å². The van der Waals surface area contributed by atoms with Gasteiger partial charge in [-0.1, -0.05) is 0 Å². The van der Waals surface area contributed by atoms with Crippen LogP contribution in [0.15, 0.2) is 15.2 Å². The van der Waals surface area contributed by atoms with Crippen molar-refractivity contribution in [1.82, 2.24) is 10.2 Å². The van der Waals surface area contributed by atoms with Gasteiger partial charge in [0.25, 0.3) is 5.91 Å². The molecule has 0 radical (unpaired) electrons. The Morgan fingerprint density at radius 2 is 2.39 bits per heavy atom. The highest BCUT2D eigenvalue weighted by molar-refractivity contribution is 9.11. The van der Waals surface area contributed by atoms with Crippen LogP contribution in [0.4, 0.5) is 0 Å². The van der Waals surface area contributed by atoms with Crippen molar-refractivity contribution in [3.63, 3.8) is 0 Å². The topological polar surface area (TPSA) is 49.4 Å². The van der Waals surface area contributed by atoms with E-state index in [0.29, 0.717) is 12.1 Å². The molecule has 3 rings (SSSR count). The Kier molecular flexibility index (Phi) is 3.15. The molecule has 0 aliphatic carbocycles. The van der Waals surface area contributed by atoms with E-state index in [0.717, 1.165) is 23.2 Å². The molecule has 1 aromatic heterocycles. The molecule has 2 saturated heterocycles. The van der Waals surface area contributed by atoms with Crippen molar-refractivity contribution in [1.29, 1.82) is 0 Å². The number of likely N-dealkylation sites (tertiary alicyclic amines) is 1. The first-order valence-corrected chi connectivity index (χ1v) is 7.67. The fraction of sp³-hybridized carbons (Fsp3) is 0.500. The average Bonchev–Trinajstić information content (AvgIpc) is 2.96. The summed E-state index contributed by atoms with van der Waals surface area (Å²) >= 11 is 4.88. The maximum atomic E-state index is 12.4. The number of carbonyl (C=O) groups excluding carboxylic acids is 2. The molecule has 4 nitrogen and oxygen atoms in total. The van der Waals surface area contributed by atoms with Gasteiger partial charge in [-0.25, -0.2) is 0 Å². The smallest absolute Gasteiger partial charge is 0.255 e. The molecular formula is C12H13BrN2O2S. The highest BCUT2D eigenvalue weighted by atomic mass is 79.9. The molecule has 2 atom stereocenters. The number of piperidine rings is 1. The summed E-state index contributed by atoms with van der Waals surface area (Å²) in [5.41, 5.74) is 0.715. The van der Waals surface area contributed by atoms with E-state index in [1.807, 2.05) is 16.3 Å². The van der Waals surface area contributed by atoms with Crippen LogP contribution >= 0.6 is 27.3 Å². The molecule has 2 fully saturated rings. The number of hydrogen-bond acceptors (Lipinski definition) is 3. The van der Waals surface area contributed by atoms with E-state index in [2.05, 4.69) is 21.2 Å². The molecule has 2 unspecified atom stereocenters. The van der Waals surface area contributed by atoms with E-state index in [4.69, 9.17) is 0 Å². The van der Waals surface area contributed by atoms with Gasteiger partial charge in [-0.2, -0.15) is 0 Å². The summed E-state index contributed by atoms with van der Waals surface area (Å²) in [4.78, 5) is 26.0. The first-order valence-electron chi connectivity index (χ1n) is 5.99. The van der Waals surface area contributed by atoms with Crippen molar-refractivity contribution in [2.24, 2.45) is 5.92 Å². The standard InChI is InChI=1S/C12H13BrN2O2S/c13-10-4-7(6-18-10)12(17)15-3-1-2-8-9(15)5-14-11(8)16/h4,6,8-9H,1-3,5H2,(H,14,16). The molecule has 1 N–H and O–H groups in total. The van der Waals surface area contributed by atoms with Crippen LogP contribution in [0, 0.1) is 5.92 Å². The summed E-state index contributed by atoms with van der Waals surface area (Å²) < 4.78 is 0.958. The normalized spacial score (nSPS) is 26.9. The summed E-state index contributed by atoms with van der Waals surface area (Å²) in [6.07, 6.45) is 1.80. The van der Waals surface area contributed by atoms with E-state index in [-0.39, 0.29) is 23.8 Å². The molecule has 2 aliphatic heterocycles. The summed E-state index contributed by atoms with van der Waals surface area (Å²) in [7, 11) is 0. The molecule has 96 valence electrons. The van der Waals surface area contributed by atoms with Crippen LogP contribution in [-0.4, -0.2) is 35.8 Å². The maximum absolute atomic E-state index is 12.4. The van der Waals surface area contributed by atoms with Crippen molar-refractivity contribution < 1.29 is 9.59 Å². The van der Waals surface area contributed by atoms with Gasteiger partial charge in [0.15, 0.2) is 0 Å². The van der Waals surface area contributed by atoms with E-state index in [1.165, 1.54) is 11.3 Å². The van der Waals surface area contributed by atoms with Crippen molar-refractivity contribution >= 4 is 39.1 Å². The number of hydrogen-bond donors (Lipinski definition) is 1. The Morgan fingerprint density at radius 1 is 1.56 bits per heavy atom. The van der Waals surface area contributed by atoms with Gasteiger partial charge < -0.3 is 10.2 Å². The highest BCUT2D eigenvalue weighted by Crippen LogP contribution is 2.30. The van der Waals surface area contributed by atoms with Gasteiger partial charge in [-0.15, -0.1) is 11.3 Å². The van der Waals surface area contributed by atoms with Crippen LogP contribution < -0.4 is 5.32 Å².